The molecule has 0 radical (unpaired) electrons. The summed E-state index contributed by atoms with van der Waals surface area (Å²) in [6.45, 7) is 2.21. The minimum absolute atomic E-state index is 0.205. The van der Waals surface area contributed by atoms with Crippen LogP contribution in [0.4, 0.5) is 11.6 Å². The molecular formula is C20H18N5O3S-. The van der Waals surface area contributed by atoms with Gasteiger partial charge in [0.2, 0.25) is 11.8 Å². The number of nitrogens with one attached hydrogen (secondary N) is 3. The van der Waals surface area contributed by atoms with Crippen LogP contribution in [-0.2, 0) is 17.8 Å². The average molecular weight is 408 g/mol. The molecule has 0 bridgehead atoms. The summed E-state index contributed by atoms with van der Waals surface area (Å²) in [5.41, 5.74) is 3.68. The fourth-order valence-corrected chi connectivity index (χ4v) is 3.21. The SMILES string of the molecule is Cc1cc2cc(Oc3ccnc(Nc4cccc(CNS(=O)[O-])c4)n3)ccc2[nH]1. The van der Waals surface area contributed by atoms with Crippen LogP contribution >= 0.6 is 0 Å². The van der Waals surface area contributed by atoms with E-state index in [9.17, 15) is 8.76 Å². The predicted molar refractivity (Wildman–Crippen MR) is 111 cm³/mol. The number of hydrogen-bond acceptors (Lipinski definition) is 6. The van der Waals surface area contributed by atoms with E-state index in [4.69, 9.17) is 4.74 Å². The maximum absolute atomic E-state index is 10.6. The van der Waals surface area contributed by atoms with Crippen LogP contribution in [0, 0.1) is 6.92 Å². The number of aryl methyl sites for hydroxylation is 1. The number of benzene rings is 2. The molecule has 2 heterocycles. The zero-order chi connectivity index (χ0) is 20.2. The van der Waals surface area contributed by atoms with Crippen molar-refractivity contribution >= 4 is 33.8 Å². The highest BCUT2D eigenvalue weighted by atomic mass is 32.2. The van der Waals surface area contributed by atoms with Crippen LogP contribution < -0.4 is 14.8 Å². The molecule has 2 aromatic heterocycles. The van der Waals surface area contributed by atoms with E-state index < -0.39 is 11.3 Å². The molecule has 0 aliphatic heterocycles. The Hall–Kier alpha value is -3.27. The van der Waals surface area contributed by atoms with Gasteiger partial charge in [0, 0.05) is 52.4 Å². The van der Waals surface area contributed by atoms with E-state index in [1.54, 1.807) is 12.3 Å². The fourth-order valence-electron chi connectivity index (χ4n) is 2.93. The number of hydrogen-bond donors (Lipinski definition) is 3. The smallest absolute Gasteiger partial charge is 0.230 e. The molecule has 8 nitrogen and oxygen atoms in total. The Bertz CT molecular complexity index is 1180. The minimum atomic E-state index is -2.30. The van der Waals surface area contributed by atoms with Crippen LogP contribution in [0.15, 0.2) is 60.8 Å². The molecule has 1 atom stereocenters. The van der Waals surface area contributed by atoms with Gasteiger partial charge in [-0.25, -0.2) is 9.71 Å². The van der Waals surface area contributed by atoms with Crippen molar-refractivity contribution in [1.29, 1.82) is 0 Å². The van der Waals surface area contributed by atoms with Gasteiger partial charge < -0.3 is 19.6 Å². The molecule has 0 saturated heterocycles. The molecule has 1 unspecified atom stereocenters. The van der Waals surface area contributed by atoms with Crippen LogP contribution in [0.3, 0.4) is 0 Å². The topological polar surface area (TPSA) is 115 Å². The lowest BCUT2D eigenvalue weighted by molar-refractivity contribution is 0.463. The van der Waals surface area contributed by atoms with Crippen molar-refractivity contribution in [3.63, 3.8) is 0 Å². The molecule has 4 rings (SSSR count). The first-order valence-corrected chi connectivity index (χ1v) is 9.92. The Morgan fingerprint density at radius 3 is 2.93 bits per heavy atom. The second-order valence-electron chi connectivity index (χ2n) is 6.40. The van der Waals surface area contributed by atoms with Crippen LogP contribution in [0.5, 0.6) is 11.6 Å². The molecule has 0 aliphatic carbocycles. The Labute approximate surface area is 169 Å². The fraction of sp³-hybridized carbons (Fsp3) is 0.100. The number of aromatic nitrogens is 3. The Morgan fingerprint density at radius 2 is 2.07 bits per heavy atom. The zero-order valence-corrected chi connectivity index (χ0v) is 16.3. The summed E-state index contributed by atoms with van der Waals surface area (Å²) in [7, 11) is 0. The molecule has 0 amide bonds. The van der Waals surface area contributed by atoms with Crippen LogP contribution in [0.1, 0.15) is 11.3 Å². The number of fused-ring (bicyclic) bond motifs is 1. The Kier molecular flexibility index (Phi) is 5.52. The summed E-state index contributed by atoms with van der Waals surface area (Å²) in [4.78, 5) is 11.9. The highest BCUT2D eigenvalue weighted by Gasteiger charge is 2.05. The lowest BCUT2D eigenvalue weighted by Gasteiger charge is -2.10. The van der Waals surface area contributed by atoms with Crippen molar-refractivity contribution in [3.8, 4) is 11.6 Å². The lowest BCUT2D eigenvalue weighted by Crippen LogP contribution is -2.15. The van der Waals surface area contributed by atoms with Gasteiger partial charge in [0.05, 0.1) is 0 Å². The van der Waals surface area contributed by atoms with E-state index >= 15 is 0 Å². The second kappa shape index (κ2) is 8.39. The predicted octanol–water partition coefficient (Wildman–Crippen LogP) is 3.69. The molecule has 29 heavy (non-hydrogen) atoms. The summed E-state index contributed by atoms with van der Waals surface area (Å²) >= 11 is -2.30. The van der Waals surface area contributed by atoms with Gasteiger partial charge in [-0.05, 0) is 48.9 Å². The van der Waals surface area contributed by atoms with Gasteiger partial charge in [-0.3, -0.25) is 4.21 Å². The van der Waals surface area contributed by atoms with Gasteiger partial charge >= 0.3 is 0 Å². The van der Waals surface area contributed by atoms with E-state index in [0.29, 0.717) is 17.6 Å². The molecule has 9 heteroatoms. The van der Waals surface area contributed by atoms with Crippen molar-refractivity contribution in [2.75, 3.05) is 5.32 Å². The first kappa shape index (κ1) is 19.1. The number of nitrogens with zero attached hydrogens (tertiary/aromatic N) is 2. The number of rotatable bonds is 7. The number of anilines is 2. The maximum Gasteiger partial charge on any atom is 0.230 e. The maximum atomic E-state index is 10.6. The number of aromatic amines is 1. The highest BCUT2D eigenvalue weighted by Crippen LogP contribution is 2.26. The Balaban J connectivity index is 1.48. The standard InChI is InChI=1S/C20H19N5O3S/c1-13-9-15-11-17(5-6-18(15)23-13)28-19-7-8-21-20(25-19)24-16-4-2-3-14(10-16)12-22-29(26)27/h2-11,22-23H,12H2,1H3,(H,26,27)(H,21,24,25)/p-1. The van der Waals surface area contributed by atoms with Gasteiger partial charge in [-0.1, -0.05) is 12.1 Å². The average Bonchev–Trinajstić information content (AvgIpc) is 3.06. The van der Waals surface area contributed by atoms with Gasteiger partial charge in [0.25, 0.3) is 0 Å². The second-order valence-corrected chi connectivity index (χ2v) is 7.16. The summed E-state index contributed by atoms with van der Waals surface area (Å²) in [6, 6.07) is 16.8. The first-order chi connectivity index (χ1) is 14.0. The summed E-state index contributed by atoms with van der Waals surface area (Å²) in [5, 5.41) is 4.17. The van der Waals surface area contributed by atoms with E-state index in [1.807, 2.05) is 49.4 Å². The monoisotopic (exact) mass is 408 g/mol. The first-order valence-electron chi connectivity index (χ1n) is 8.84. The number of H-pyrrole nitrogens is 1. The molecule has 0 spiro atoms. The Morgan fingerprint density at radius 1 is 1.17 bits per heavy atom. The van der Waals surface area contributed by atoms with Crippen LogP contribution in [0.2, 0.25) is 0 Å². The zero-order valence-electron chi connectivity index (χ0n) is 15.5. The quantitative estimate of drug-likeness (QED) is 0.402. The lowest BCUT2D eigenvalue weighted by atomic mass is 10.2. The normalized spacial score (nSPS) is 12.1. The summed E-state index contributed by atoms with van der Waals surface area (Å²) in [6.07, 6.45) is 1.61. The molecule has 0 saturated carbocycles. The van der Waals surface area contributed by atoms with Gasteiger partial charge in [-0.15, -0.1) is 0 Å². The van der Waals surface area contributed by atoms with Crippen LogP contribution in [-0.4, -0.2) is 23.7 Å². The van der Waals surface area contributed by atoms with Crippen LogP contribution in [0.25, 0.3) is 10.9 Å². The third kappa shape index (κ3) is 4.96. The van der Waals surface area contributed by atoms with E-state index in [2.05, 4.69) is 31.1 Å². The molecule has 0 aliphatic rings. The molecule has 148 valence electrons. The van der Waals surface area contributed by atoms with Crippen molar-refractivity contribution in [1.82, 2.24) is 19.7 Å². The molecule has 0 fully saturated rings. The molecular weight excluding hydrogens is 390 g/mol. The largest absolute Gasteiger partial charge is 0.760 e. The van der Waals surface area contributed by atoms with E-state index in [0.717, 1.165) is 27.8 Å². The van der Waals surface area contributed by atoms with Gasteiger partial charge in [0.15, 0.2) is 0 Å². The molecule has 3 N–H and O–H groups in total. The highest BCUT2D eigenvalue weighted by molar-refractivity contribution is 7.77. The minimum Gasteiger partial charge on any atom is -0.760 e. The van der Waals surface area contributed by atoms with Gasteiger partial charge in [-0.2, -0.15) is 4.98 Å². The number of ether oxygens (including phenoxy) is 1. The summed E-state index contributed by atoms with van der Waals surface area (Å²) in [5.74, 6) is 1.46. The summed E-state index contributed by atoms with van der Waals surface area (Å²) < 4.78 is 29.5. The third-order valence-electron chi connectivity index (χ3n) is 4.16. The van der Waals surface area contributed by atoms with Crippen molar-refractivity contribution in [2.45, 2.75) is 13.5 Å². The van der Waals surface area contributed by atoms with Crippen molar-refractivity contribution in [3.05, 3.63) is 72.1 Å². The third-order valence-corrected chi connectivity index (χ3v) is 4.54. The molecule has 2 aromatic carbocycles. The van der Waals surface area contributed by atoms with Gasteiger partial charge in [0.1, 0.15) is 5.75 Å². The van der Waals surface area contributed by atoms with Crippen molar-refractivity contribution in [2.24, 2.45) is 0 Å². The molecule has 4 aromatic rings. The van der Waals surface area contributed by atoms with E-state index in [-0.39, 0.29) is 6.54 Å². The van der Waals surface area contributed by atoms with Crippen molar-refractivity contribution < 1.29 is 13.5 Å². The van der Waals surface area contributed by atoms with E-state index in [1.165, 1.54) is 0 Å².